The zero-order valence-electron chi connectivity index (χ0n) is 24.4. The van der Waals surface area contributed by atoms with Crippen LogP contribution in [0.5, 0.6) is 0 Å². The topological polar surface area (TPSA) is 238 Å². The summed E-state index contributed by atoms with van der Waals surface area (Å²) in [6.45, 7) is 0. The van der Waals surface area contributed by atoms with Crippen molar-refractivity contribution in [1.29, 1.82) is 0 Å². The molecule has 0 radical (unpaired) electrons. The number of primary amides is 1. The number of carboxylic acids is 1. The molecule has 14 nitrogen and oxygen atoms in total. The van der Waals surface area contributed by atoms with E-state index in [0.29, 0.717) is 16.8 Å². The SMILES string of the molecule is NC(=O)CCC(NC(=O)C(N)Cc1cnc[nH]1)C(=O)NC(Cc1ccccc1)C(=O)NC(Cc1c[nH]c2ccccc12)C(=O)O. The van der Waals surface area contributed by atoms with E-state index in [9.17, 15) is 29.1 Å². The third kappa shape index (κ3) is 9.24. The molecule has 4 amide bonds. The summed E-state index contributed by atoms with van der Waals surface area (Å²) in [6, 6.07) is 11.4. The predicted molar refractivity (Wildman–Crippen MR) is 164 cm³/mol. The Morgan fingerprint density at radius 1 is 0.800 bits per heavy atom. The van der Waals surface area contributed by atoms with Crippen LogP contribution >= 0.6 is 0 Å². The standard InChI is InChI=1S/C31H36N8O6/c32-22(14-20-16-34-17-36-20)28(41)37-24(10-11-27(33)40)29(42)38-25(12-18-6-2-1-3-7-18)30(43)39-26(31(44)45)13-19-15-35-23-9-5-4-8-21(19)23/h1-9,15-17,22,24-26,35H,10-14,32H2,(H2,33,40)(H,34,36)(H,37,41)(H,38,42)(H,39,43)(H,44,45). The highest BCUT2D eigenvalue weighted by Gasteiger charge is 2.31. The van der Waals surface area contributed by atoms with Crippen molar-refractivity contribution in [3.05, 3.63) is 90.1 Å². The molecule has 2 aromatic carbocycles. The van der Waals surface area contributed by atoms with Crippen LogP contribution in [0.4, 0.5) is 0 Å². The molecule has 0 saturated heterocycles. The summed E-state index contributed by atoms with van der Waals surface area (Å²) in [5, 5.41) is 18.6. The van der Waals surface area contributed by atoms with E-state index in [2.05, 4.69) is 30.9 Å². The van der Waals surface area contributed by atoms with Crippen LogP contribution in [0.15, 0.2) is 73.3 Å². The van der Waals surface area contributed by atoms with Gasteiger partial charge in [0.15, 0.2) is 0 Å². The van der Waals surface area contributed by atoms with Crippen molar-refractivity contribution < 1.29 is 29.1 Å². The molecule has 0 aliphatic heterocycles. The molecule has 14 heteroatoms. The molecule has 0 spiro atoms. The van der Waals surface area contributed by atoms with E-state index < -0.39 is 53.8 Å². The quantitative estimate of drug-likeness (QED) is 0.0854. The third-order valence-electron chi connectivity index (χ3n) is 7.27. The minimum Gasteiger partial charge on any atom is -0.480 e. The Kier molecular flexibility index (Phi) is 11.0. The molecule has 0 bridgehead atoms. The number of aliphatic carboxylic acids is 1. The van der Waals surface area contributed by atoms with E-state index in [1.54, 1.807) is 36.5 Å². The number of hydrogen-bond donors (Lipinski definition) is 8. The van der Waals surface area contributed by atoms with E-state index in [0.717, 1.165) is 10.9 Å². The number of nitrogens with one attached hydrogen (secondary N) is 5. The van der Waals surface area contributed by atoms with Gasteiger partial charge >= 0.3 is 5.97 Å². The molecule has 45 heavy (non-hydrogen) atoms. The van der Waals surface area contributed by atoms with Gasteiger partial charge in [-0.25, -0.2) is 9.78 Å². The molecule has 4 atom stereocenters. The van der Waals surface area contributed by atoms with Gasteiger partial charge in [-0.1, -0.05) is 48.5 Å². The van der Waals surface area contributed by atoms with Crippen molar-refractivity contribution in [2.75, 3.05) is 0 Å². The van der Waals surface area contributed by atoms with E-state index in [1.165, 1.54) is 12.5 Å². The van der Waals surface area contributed by atoms with E-state index in [1.807, 2.05) is 24.3 Å². The fourth-order valence-electron chi connectivity index (χ4n) is 4.88. The second-order valence-electron chi connectivity index (χ2n) is 10.7. The number of benzene rings is 2. The Morgan fingerprint density at radius 3 is 2.16 bits per heavy atom. The maximum atomic E-state index is 13.6. The number of nitrogens with two attached hydrogens (primary N) is 2. The lowest BCUT2D eigenvalue weighted by Crippen LogP contribution is -2.58. The fraction of sp³-hybridized carbons (Fsp3) is 0.290. The van der Waals surface area contributed by atoms with Gasteiger partial charge in [-0.3, -0.25) is 19.2 Å². The number of carbonyl (C=O) groups is 5. The molecule has 10 N–H and O–H groups in total. The van der Waals surface area contributed by atoms with Crippen LogP contribution in [0.2, 0.25) is 0 Å². The monoisotopic (exact) mass is 616 g/mol. The Labute approximate surface area is 258 Å². The van der Waals surface area contributed by atoms with Crippen LogP contribution in [-0.2, 0) is 43.2 Å². The molecule has 4 aromatic rings. The lowest BCUT2D eigenvalue weighted by Gasteiger charge is -2.25. The highest BCUT2D eigenvalue weighted by atomic mass is 16.4. The van der Waals surface area contributed by atoms with Crippen molar-refractivity contribution in [2.45, 2.75) is 56.3 Å². The number of aromatic amines is 2. The minimum atomic E-state index is -1.31. The van der Waals surface area contributed by atoms with Gasteiger partial charge in [0.05, 0.1) is 12.4 Å². The zero-order valence-corrected chi connectivity index (χ0v) is 24.4. The summed E-state index contributed by atoms with van der Waals surface area (Å²) in [6.07, 6.45) is 4.39. The van der Waals surface area contributed by atoms with Crippen LogP contribution in [0.25, 0.3) is 10.9 Å². The number of hydrogen-bond acceptors (Lipinski definition) is 7. The highest BCUT2D eigenvalue weighted by Crippen LogP contribution is 2.19. The van der Waals surface area contributed by atoms with Crippen LogP contribution in [0.3, 0.4) is 0 Å². The first-order valence-electron chi connectivity index (χ1n) is 14.3. The molecule has 2 aromatic heterocycles. The summed E-state index contributed by atoms with van der Waals surface area (Å²) in [5.74, 6) is -4.11. The molecule has 4 unspecified atom stereocenters. The van der Waals surface area contributed by atoms with Crippen molar-refractivity contribution in [1.82, 2.24) is 30.9 Å². The van der Waals surface area contributed by atoms with Crippen molar-refractivity contribution in [2.24, 2.45) is 11.5 Å². The summed E-state index contributed by atoms with van der Waals surface area (Å²) >= 11 is 0. The number of rotatable bonds is 16. The van der Waals surface area contributed by atoms with Crippen LogP contribution in [0.1, 0.15) is 29.7 Å². The van der Waals surface area contributed by atoms with Crippen molar-refractivity contribution >= 4 is 40.5 Å². The number of imidazole rings is 1. The Morgan fingerprint density at radius 2 is 1.47 bits per heavy atom. The minimum absolute atomic E-state index is 0.0113. The lowest BCUT2D eigenvalue weighted by atomic mass is 10.0. The fourth-order valence-corrected chi connectivity index (χ4v) is 4.88. The number of para-hydroxylation sites is 1. The Hall–Kier alpha value is -5.50. The molecule has 0 aliphatic rings. The molecule has 0 aliphatic carbocycles. The lowest BCUT2D eigenvalue weighted by molar-refractivity contribution is -0.142. The van der Waals surface area contributed by atoms with E-state index >= 15 is 0 Å². The zero-order chi connectivity index (χ0) is 32.3. The molecule has 236 valence electrons. The predicted octanol–water partition coefficient (Wildman–Crippen LogP) is 0.0507. The molecule has 0 fully saturated rings. The summed E-state index contributed by atoms with van der Waals surface area (Å²) < 4.78 is 0. The number of nitrogens with zero attached hydrogens (tertiary/aromatic N) is 1. The van der Waals surface area contributed by atoms with Gasteiger partial charge in [-0.15, -0.1) is 0 Å². The van der Waals surface area contributed by atoms with Crippen LogP contribution in [-0.4, -0.2) is 73.8 Å². The number of aromatic nitrogens is 3. The molecular weight excluding hydrogens is 580 g/mol. The number of carboxylic acid groups (broad SMARTS) is 1. The van der Waals surface area contributed by atoms with Gasteiger partial charge in [0.25, 0.3) is 0 Å². The van der Waals surface area contributed by atoms with Crippen LogP contribution < -0.4 is 27.4 Å². The summed E-state index contributed by atoms with van der Waals surface area (Å²) in [7, 11) is 0. The number of fused-ring (bicyclic) bond motifs is 1. The first-order chi connectivity index (χ1) is 21.6. The maximum Gasteiger partial charge on any atom is 0.326 e. The first kappa shape index (κ1) is 32.4. The van der Waals surface area contributed by atoms with Gasteiger partial charge in [0.1, 0.15) is 18.1 Å². The first-order valence-corrected chi connectivity index (χ1v) is 14.3. The third-order valence-corrected chi connectivity index (χ3v) is 7.27. The van der Waals surface area contributed by atoms with Gasteiger partial charge in [-0.2, -0.15) is 0 Å². The van der Waals surface area contributed by atoms with Gasteiger partial charge < -0.3 is 42.5 Å². The van der Waals surface area contributed by atoms with Crippen molar-refractivity contribution in [3.8, 4) is 0 Å². The number of amides is 4. The largest absolute Gasteiger partial charge is 0.480 e. The maximum absolute atomic E-state index is 13.6. The number of carbonyl (C=O) groups excluding carboxylic acids is 4. The summed E-state index contributed by atoms with van der Waals surface area (Å²) in [5.41, 5.74) is 14.2. The van der Waals surface area contributed by atoms with Gasteiger partial charge in [0.2, 0.25) is 23.6 Å². The summed E-state index contributed by atoms with van der Waals surface area (Å²) in [4.78, 5) is 73.6. The highest BCUT2D eigenvalue weighted by molar-refractivity contribution is 5.95. The van der Waals surface area contributed by atoms with E-state index in [-0.39, 0.29) is 32.1 Å². The number of H-pyrrole nitrogens is 2. The molecule has 4 rings (SSSR count). The second kappa shape index (κ2) is 15.3. The molecule has 0 saturated carbocycles. The second-order valence-corrected chi connectivity index (χ2v) is 10.7. The average molecular weight is 617 g/mol. The molecule has 2 heterocycles. The molecular formula is C31H36N8O6. The average Bonchev–Trinajstić information content (AvgIpc) is 3.68. The van der Waals surface area contributed by atoms with Crippen molar-refractivity contribution in [3.63, 3.8) is 0 Å². The van der Waals surface area contributed by atoms with E-state index in [4.69, 9.17) is 11.5 Å². The smallest absolute Gasteiger partial charge is 0.326 e. The van der Waals surface area contributed by atoms with Gasteiger partial charge in [0, 0.05) is 54.7 Å². The van der Waals surface area contributed by atoms with Crippen LogP contribution in [0, 0.1) is 0 Å². The Balaban J connectivity index is 1.51. The van der Waals surface area contributed by atoms with Gasteiger partial charge in [-0.05, 0) is 23.6 Å². The Bertz CT molecular complexity index is 1620. The normalized spacial score (nSPS) is 13.7.